The molecule has 0 rings (SSSR count). The van der Waals surface area contributed by atoms with E-state index in [9.17, 15) is 0 Å². The van der Waals surface area contributed by atoms with Gasteiger partial charge in [-0.15, -0.1) is 0 Å². The Morgan fingerprint density at radius 3 is 2.29 bits per heavy atom. The van der Waals surface area contributed by atoms with E-state index >= 15 is 0 Å². The van der Waals surface area contributed by atoms with Gasteiger partial charge in [0, 0.05) is 32.8 Å². The predicted molar refractivity (Wildman–Crippen MR) is 61.4 cm³/mol. The van der Waals surface area contributed by atoms with Gasteiger partial charge >= 0.3 is 0 Å². The second-order valence-electron chi connectivity index (χ2n) is 4.94. The lowest BCUT2D eigenvalue weighted by Crippen LogP contribution is -2.47. The minimum atomic E-state index is 0.247. The molecule has 86 valence electrons. The molecule has 3 nitrogen and oxygen atoms in total. The van der Waals surface area contributed by atoms with Crippen molar-refractivity contribution in [3.8, 4) is 0 Å². The van der Waals surface area contributed by atoms with Crippen LogP contribution in [0.3, 0.4) is 0 Å². The van der Waals surface area contributed by atoms with Crippen LogP contribution in [-0.4, -0.2) is 44.8 Å². The Morgan fingerprint density at radius 2 is 1.93 bits per heavy atom. The molecule has 1 atom stereocenters. The van der Waals surface area contributed by atoms with Gasteiger partial charge in [-0.3, -0.25) is 0 Å². The average molecular weight is 202 g/mol. The quantitative estimate of drug-likeness (QED) is 0.660. The molecular formula is C11H26N2O. The molecule has 0 amide bonds. The molecule has 0 aromatic heterocycles. The number of nitrogens with zero attached hydrogens (tertiary/aromatic N) is 1. The van der Waals surface area contributed by atoms with E-state index in [1.54, 1.807) is 7.11 Å². The van der Waals surface area contributed by atoms with Crippen LogP contribution in [0.5, 0.6) is 0 Å². The van der Waals surface area contributed by atoms with Gasteiger partial charge in [-0.1, -0.05) is 20.8 Å². The number of likely N-dealkylation sites (N-methyl/N-ethyl adjacent to an activating group) is 1. The first-order chi connectivity index (χ1) is 6.43. The first-order valence-electron chi connectivity index (χ1n) is 5.32. The molecule has 0 aromatic rings. The smallest absolute Gasteiger partial charge is 0.0474 e. The van der Waals surface area contributed by atoms with E-state index in [4.69, 9.17) is 10.5 Å². The molecule has 0 heterocycles. The van der Waals surface area contributed by atoms with Crippen LogP contribution < -0.4 is 5.73 Å². The lowest BCUT2D eigenvalue weighted by molar-refractivity contribution is 0.114. The van der Waals surface area contributed by atoms with Crippen molar-refractivity contribution in [2.45, 2.75) is 33.2 Å². The third-order valence-corrected chi connectivity index (χ3v) is 2.61. The number of ether oxygens (including phenoxy) is 1. The monoisotopic (exact) mass is 202 g/mol. The van der Waals surface area contributed by atoms with E-state index in [1.165, 1.54) is 0 Å². The molecule has 0 fully saturated rings. The summed E-state index contributed by atoms with van der Waals surface area (Å²) in [7, 11) is 3.88. The van der Waals surface area contributed by atoms with Crippen LogP contribution >= 0.6 is 0 Å². The number of methoxy groups -OCH3 is 1. The second kappa shape index (κ2) is 6.38. The molecule has 0 spiro atoms. The summed E-state index contributed by atoms with van der Waals surface area (Å²) in [4.78, 5) is 2.33. The molecule has 0 aliphatic heterocycles. The molecule has 1 unspecified atom stereocenters. The highest BCUT2D eigenvalue weighted by atomic mass is 16.5. The maximum Gasteiger partial charge on any atom is 0.0474 e. The Morgan fingerprint density at radius 1 is 1.36 bits per heavy atom. The summed E-state index contributed by atoms with van der Waals surface area (Å²) in [5, 5.41) is 0. The average Bonchev–Trinajstić information content (AvgIpc) is 2.03. The van der Waals surface area contributed by atoms with Crippen molar-refractivity contribution in [1.29, 1.82) is 0 Å². The number of hydrogen-bond acceptors (Lipinski definition) is 3. The highest BCUT2D eigenvalue weighted by Crippen LogP contribution is 2.22. The molecule has 0 saturated heterocycles. The lowest BCUT2D eigenvalue weighted by atomic mass is 9.86. The zero-order valence-corrected chi connectivity index (χ0v) is 10.3. The summed E-state index contributed by atoms with van der Waals surface area (Å²) in [6, 6.07) is 0.444. The topological polar surface area (TPSA) is 38.5 Å². The van der Waals surface area contributed by atoms with E-state index in [2.05, 4.69) is 32.7 Å². The minimum absolute atomic E-state index is 0.247. The Kier molecular flexibility index (Phi) is 6.33. The van der Waals surface area contributed by atoms with Gasteiger partial charge < -0.3 is 15.4 Å². The number of rotatable bonds is 6. The van der Waals surface area contributed by atoms with Crippen molar-refractivity contribution in [1.82, 2.24) is 4.90 Å². The molecule has 0 bridgehead atoms. The lowest BCUT2D eigenvalue weighted by Gasteiger charge is -2.37. The maximum absolute atomic E-state index is 5.79. The summed E-state index contributed by atoms with van der Waals surface area (Å²) in [6.07, 6.45) is 1.07. The van der Waals surface area contributed by atoms with Crippen molar-refractivity contribution in [2.24, 2.45) is 11.1 Å². The van der Waals surface area contributed by atoms with Gasteiger partial charge in [-0.05, 0) is 18.9 Å². The van der Waals surface area contributed by atoms with Crippen molar-refractivity contribution >= 4 is 0 Å². The highest BCUT2D eigenvalue weighted by Gasteiger charge is 2.26. The van der Waals surface area contributed by atoms with Crippen LogP contribution in [0.4, 0.5) is 0 Å². The molecule has 0 radical (unpaired) electrons. The van der Waals surface area contributed by atoms with Crippen LogP contribution in [0, 0.1) is 5.41 Å². The van der Waals surface area contributed by atoms with Gasteiger partial charge in [0.1, 0.15) is 0 Å². The van der Waals surface area contributed by atoms with E-state index in [-0.39, 0.29) is 5.41 Å². The molecule has 14 heavy (non-hydrogen) atoms. The molecular weight excluding hydrogens is 176 g/mol. The van der Waals surface area contributed by atoms with Gasteiger partial charge in [0.15, 0.2) is 0 Å². The van der Waals surface area contributed by atoms with E-state index in [0.717, 1.165) is 19.6 Å². The summed E-state index contributed by atoms with van der Waals surface area (Å²) in [5.41, 5.74) is 6.04. The second-order valence-corrected chi connectivity index (χ2v) is 4.94. The molecule has 0 saturated carbocycles. The van der Waals surface area contributed by atoms with Crippen molar-refractivity contribution in [3.63, 3.8) is 0 Å². The van der Waals surface area contributed by atoms with E-state index < -0.39 is 0 Å². The first-order valence-corrected chi connectivity index (χ1v) is 5.32. The van der Waals surface area contributed by atoms with Crippen molar-refractivity contribution < 1.29 is 4.74 Å². The fraction of sp³-hybridized carbons (Fsp3) is 1.00. The van der Waals surface area contributed by atoms with Crippen LogP contribution in [0.25, 0.3) is 0 Å². The molecule has 0 aliphatic rings. The molecule has 2 N–H and O–H groups in total. The number of nitrogens with two attached hydrogens (primary N) is 1. The van der Waals surface area contributed by atoms with Crippen LogP contribution in [0.2, 0.25) is 0 Å². The zero-order valence-electron chi connectivity index (χ0n) is 10.3. The minimum Gasteiger partial charge on any atom is -0.385 e. The van der Waals surface area contributed by atoms with Crippen molar-refractivity contribution in [2.75, 3.05) is 33.9 Å². The zero-order chi connectivity index (χ0) is 11.2. The van der Waals surface area contributed by atoms with Crippen LogP contribution in [0.15, 0.2) is 0 Å². The van der Waals surface area contributed by atoms with Gasteiger partial charge in [0.05, 0.1) is 0 Å². The third kappa shape index (κ3) is 4.94. The normalized spacial score (nSPS) is 14.8. The molecule has 0 aromatic carbocycles. The largest absolute Gasteiger partial charge is 0.385 e. The molecule has 3 heteroatoms. The van der Waals surface area contributed by atoms with E-state index in [0.29, 0.717) is 12.6 Å². The van der Waals surface area contributed by atoms with E-state index in [1.807, 2.05) is 0 Å². The van der Waals surface area contributed by atoms with Crippen LogP contribution in [-0.2, 0) is 4.74 Å². The third-order valence-electron chi connectivity index (χ3n) is 2.61. The van der Waals surface area contributed by atoms with Gasteiger partial charge in [-0.25, -0.2) is 0 Å². The Labute approximate surface area is 88.6 Å². The predicted octanol–water partition coefficient (Wildman–Crippen LogP) is 1.33. The Balaban J connectivity index is 3.98. The standard InChI is InChI=1S/C11H26N2O/c1-11(2,3)10(9-12)13(4)7-6-8-14-5/h10H,6-9,12H2,1-5H3. The number of hydrogen-bond donors (Lipinski definition) is 1. The van der Waals surface area contributed by atoms with Gasteiger partial charge in [0.2, 0.25) is 0 Å². The fourth-order valence-electron chi connectivity index (χ4n) is 1.81. The van der Waals surface area contributed by atoms with Crippen molar-refractivity contribution in [3.05, 3.63) is 0 Å². The SMILES string of the molecule is COCCCN(C)C(CN)C(C)(C)C. The van der Waals surface area contributed by atoms with Crippen LogP contribution in [0.1, 0.15) is 27.2 Å². The summed E-state index contributed by atoms with van der Waals surface area (Å²) >= 11 is 0. The summed E-state index contributed by atoms with van der Waals surface area (Å²) < 4.78 is 5.03. The summed E-state index contributed by atoms with van der Waals surface area (Å²) in [5.74, 6) is 0. The van der Waals surface area contributed by atoms with Gasteiger partial charge in [-0.2, -0.15) is 0 Å². The maximum atomic E-state index is 5.79. The fourth-order valence-corrected chi connectivity index (χ4v) is 1.81. The highest BCUT2D eigenvalue weighted by molar-refractivity contribution is 4.82. The summed E-state index contributed by atoms with van der Waals surface area (Å²) in [6.45, 7) is 9.29. The Hall–Kier alpha value is -0.120. The first kappa shape index (κ1) is 13.9. The molecule has 0 aliphatic carbocycles. The Bertz CT molecular complexity index is 143. The van der Waals surface area contributed by atoms with Gasteiger partial charge in [0.25, 0.3) is 0 Å².